The number of carbonyl (C=O) groups is 1. The van der Waals surface area contributed by atoms with E-state index in [1.807, 2.05) is 44.2 Å². The third-order valence-electron chi connectivity index (χ3n) is 4.92. The van der Waals surface area contributed by atoms with Gasteiger partial charge in [-0.3, -0.25) is 14.8 Å². The minimum absolute atomic E-state index is 0.112. The van der Waals surface area contributed by atoms with Crippen molar-refractivity contribution in [3.05, 3.63) is 64.2 Å². The Kier molecular flexibility index (Phi) is 10.2. The second-order valence-electron chi connectivity index (χ2n) is 7.34. The van der Waals surface area contributed by atoms with E-state index in [4.69, 9.17) is 21.3 Å². The number of nitrogens with one attached hydrogen (secondary N) is 1. The highest BCUT2D eigenvalue weighted by Crippen LogP contribution is 2.17. The number of benzene rings is 2. The molecule has 0 aliphatic heterocycles. The number of rotatable bonds is 10. The summed E-state index contributed by atoms with van der Waals surface area (Å²) in [5.41, 5.74) is 3.94. The number of ether oxygens (including phenoxy) is 1. The van der Waals surface area contributed by atoms with Crippen LogP contribution in [0.1, 0.15) is 49.8 Å². The van der Waals surface area contributed by atoms with Crippen molar-refractivity contribution in [1.29, 1.82) is 0 Å². The van der Waals surface area contributed by atoms with Gasteiger partial charge in [0, 0.05) is 11.6 Å². The number of amides is 1. The molecule has 1 amide bonds. The molecule has 6 heteroatoms. The normalized spacial score (nSPS) is 12.0. The fourth-order valence-corrected chi connectivity index (χ4v) is 3.15. The molecular weight excluding hydrogens is 410 g/mol. The van der Waals surface area contributed by atoms with Gasteiger partial charge in [-0.15, -0.1) is 0 Å². The van der Waals surface area contributed by atoms with Gasteiger partial charge >= 0.3 is 0 Å². The number of halogens is 1. The van der Waals surface area contributed by atoms with Gasteiger partial charge in [-0.05, 0) is 60.7 Å². The van der Waals surface area contributed by atoms with Gasteiger partial charge in [0.1, 0.15) is 11.6 Å². The van der Waals surface area contributed by atoms with Crippen molar-refractivity contribution < 1.29 is 9.53 Å². The van der Waals surface area contributed by atoms with Crippen molar-refractivity contribution in [2.45, 2.75) is 53.0 Å². The summed E-state index contributed by atoms with van der Waals surface area (Å²) in [5, 5.41) is 3.64. The molecule has 0 heterocycles. The molecule has 0 fully saturated rings. The predicted octanol–water partition coefficient (Wildman–Crippen LogP) is 5.57. The molecule has 2 rings (SSSR count). The summed E-state index contributed by atoms with van der Waals surface area (Å²) < 4.78 is 5.28. The fraction of sp³-hybridized carbons (Fsp3) is 0.400. The monoisotopic (exact) mass is 441 g/mol. The molecule has 0 bridgehead atoms. The van der Waals surface area contributed by atoms with E-state index in [9.17, 15) is 4.79 Å². The number of nitrogens with zero attached hydrogens (tertiary/aromatic N) is 2. The lowest BCUT2D eigenvalue weighted by Gasteiger charge is -2.12. The maximum atomic E-state index is 12.7. The van der Waals surface area contributed by atoms with Crippen molar-refractivity contribution in [1.82, 2.24) is 5.32 Å². The van der Waals surface area contributed by atoms with Gasteiger partial charge in [0.05, 0.1) is 25.8 Å². The number of carbonyl (C=O) groups excluding carboxylic acids is 1. The Hall–Kier alpha value is -2.66. The zero-order valence-corrected chi connectivity index (χ0v) is 19.6. The van der Waals surface area contributed by atoms with Crippen molar-refractivity contribution >= 4 is 29.1 Å². The molecule has 0 radical (unpaired) electrons. The third kappa shape index (κ3) is 8.18. The molecule has 1 N–H and O–H groups in total. The SMILES string of the molecule is CCCCN=C(NC(=O)Cc1ccc(Cl)cc1)C(CC)=NCc1ccc(OC)cc1C. The van der Waals surface area contributed by atoms with Gasteiger partial charge in [0.25, 0.3) is 0 Å². The van der Waals surface area contributed by atoms with Crippen molar-refractivity contribution in [2.24, 2.45) is 9.98 Å². The Balaban J connectivity index is 2.16. The van der Waals surface area contributed by atoms with E-state index in [1.54, 1.807) is 19.2 Å². The summed E-state index contributed by atoms with van der Waals surface area (Å²) in [6.45, 7) is 7.38. The van der Waals surface area contributed by atoms with Gasteiger partial charge < -0.3 is 10.1 Å². The molecule has 0 aliphatic carbocycles. The number of hydrogen-bond acceptors (Lipinski definition) is 4. The quantitative estimate of drug-likeness (QED) is 0.298. The number of aryl methyl sites for hydroxylation is 1. The molecule has 0 atom stereocenters. The molecule has 5 nitrogen and oxygen atoms in total. The van der Waals surface area contributed by atoms with Crippen LogP contribution in [0.3, 0.4) is 0 Å². The number of methoxy groups -OCH3 is 1. The largest absolute Gasteiger partial charge is 0.497 e. The van der Waals surface area contributed by atoms with E-state index >= 15 is 0 Å². The van der Waals surface area contributed by atoms with Crippen LogP contribution in [0.25, 0.3) is 0 Å². The van der Waals surface area contributed by atoms with E-state index in [0.717, 1.165) is 41.0 Å². The molecule has 0 unspecified atom stereocenters. The van der Waals surface area contributed by atoms with Crippen LogP contribution in [0.15, 0.2) is 52.4 Å². The van der Waals surface area contributed by atoms with Crippen LogP contribution in [0, 0.1) is 6.92 Å². The van der Waals surface area contributed by atoms with E-state index < -0.39 is 0 Å². The summed E-state index contributed by atoms with van der Waals surface area (Å²) >= 11 is 5.93. The van der Waals surface area contributed by atoms with E-state index in [-0.39, 0.29) is 12.3 Å². The van der Waals surface area contributed by atoms with Gasteiger partial charge in [-0.2, -0.15) is 0 Å². The molecule has 2 aromatic carbocycles. The van der Waals surface area contributed by atoms with Gasteiger partial charge in [0.2, 0.25) is 5.91 Å². The van der Waals surface area contributed by atoms with E-state index in [1.165, 1.54) is 0 Å². The molecule has 0 aromatic heterocycles. The average Bonchev–Trinajstić information content (AvgIpc) is 2.76. The van der Waals surface area contributed by atoms with Crippen LogP contribution in [-0.2, 0) is 17.8 Å². The van der Waals surface area contributed by atoms with Crippen LogP contribution in [0.2, 0.25) is 5.02 Å². The third-order valence-corrected chi connectivity index (χ3v) is 5.17. The molecule has 0 spiro atoms. The summed E-state index contributed by atoms with van der Waals surface area (Å²) in [6.07, 6.45) is 2.95. The smallest absolute Gasteiger partial charge is 0.229 e. The van der Waals surface area contributed by atoms with Gasteiger partial charge in [0.15, 0.2) is 0 Å². The Morgan fingerprint density at radius 1 is 1.10 bits per heavy atom. The Morgan fingerprint density at radius 2 is 1.84 bits per heavy atom. The maximum Gasteiger partial charge on any atom is 0.229 e. The lowest BCUT2D eigenvalue weighted by atomic mass is 10.1. The van der Waals surface area contributed by atoms with Crippen LogP contribution in [0.4, 0.5) is 0 Å². The van der Waals surface area contributed by atoms with Crippen molar-refractivity contribution in [2.75, 3.05) is 13.7 Å². The van der Waals surface area contributed by atoms with Gasteiger partial charge in [-0.1, -0.05) is 50.1 Å². The van der Waals surface area contributed by atoms with Gasteiger partial charge in [-0.25, -0.2) is 0 Å². The first kappa shape index (κ1) is 24.6. The summed E-state index contributed by atoms with van der Waals surface area (Å²) in [4.78, 5) is 22.1. The standard InChI is InChI=1S/C25H32ClN3O2/c1-5-7-14-27-25(29-24(30)16-19-8-11-21(26)12-9-19)23(6-2)28-17-20-10-13-22(31-4)15-18(20)3/h8-13,15H,5-7,14,16-17H2,1-4H3,(H,27,29,30). The van der Waals surface area contributed by atoms with Crippen LogP contribution < -0.4 is 10.1 Å². The summed E-state index contributed by atoms with van der Waals surface area (Å²) in [7, 11) is 1.66. The summed E-state index contributed by atoms with van der Waals surface area (Å²) in [5.74, 6) is 1.29. The fourth-order valence-electron chi connectivity index (χ4n) is 3.02. The number of amidine groups is 1. The molecule has 166 valence electrons. The maximum absolute atomic E-state index is 12.7. The molecule has 31 heavy (non-hydrogen) atoms. The topological polar surface area (TPSA) is 63.0 Å². The lowest BCUT2D eigenvalue weighted by molar-refractivity contribution is -0.119. The zero-order chi connectivity index (χ0) is 22.6. The Labute approximate surface area is 190 Å². The van der Waals surface area contributed by atoms with Crippen LogP contribution in [-0.4, -0.2) is 31.1 Å². The Morgan fingerprint density at radius 3 is 2.45 bits per heavy atom. The molecule has 0 saturated carbocycles. The predicted molar refractivity (Wildman–Crippen MR) is 130 cm³/mol. The Bertz CT molecular complexity index is 921. The first-order chi connectivity index (χ1) is 15.0. The lowest BCUT2D eigenvalue weighted by Crippen LogP contribution is -2.37. The average molecular weight is 442 g/mol. The molecular formula is C25H32ClN3O2. The van der Waals surface area contributed by atoms with E-state index in [0.29, 0.717) is 30.4 Å². The van der Waals surface area contributed by atoms with E-state index in [2.05, 4.69) is 17.2 Å². The molecule has 0 saturated heterocycles. The molecule has 0 aliphatic rings. The number of aliphatic imine (C=N–C) groups is 2. The number of unbranched alkanes of at least 4 members (excludes halogenated alkanes) is 1. The second kappa shape index (κ2) is 12.9. The minimum Gasteiger partial charge on any atom is -0.497 e. The zero-order valence-electron chi connectivity index (χ0n) is 18.9. The highest BCUT2D eigenvalue weighted by molar-refractivity contribution is 6.43. The highest BCUT2D eigenvalue weighted by atomic mass is 35.5. The number of hydrogen-bond donors (Lipinski definition) is 1. The first-order valence-electron chi connectivity index (χ1n) is 10.7. The highest BCUT2D eigenvalue weighted by Gasteiger charge is 2.13. The van der Waals surface area contributed by atoms with Crippen LogP contribution in [0.5, 0.6) is 5.75 Å². The summed E-state index contributed by atoms with van der Waals surface area (Å²) in [6, 6.07) is 13.3. The molecule has 2 aromatic rings. The second-order valence-corrected chi connectivity index (χ2v) is 7.78. The first-order valence-corrected chi connectivity index (χ1v) is 11.1. The van der Waals surface area contributed by atoms with Crippen molar-refractivity contribution in [3.63, 3.8) is 0 Å². The van der Waals surface area contributed by atoms with Crippen LogP contribution >= 0.6 is 11.6 Å². The van der Waals surface area contributed by atoms with Crippen molar-refractivity contribution in [3.8, 4) is 5.75 Å². The minimum atomic E-state index is -0.112.